The van der Waals surface area contributed by atoms with Crippen molar-refractivity contribution < 1.29 is 4.79 Å². The number of carbonyl (C=O) groups excluding carboxylic acids is 1. The van der Waals surface area contributed by atoms with Crippen LogP contribution in [0.1, 0.15) is 22.2 Å². The van der Waals surface area contributed by atoms with Gasteiger partial charge in [0.1, 0.15) is 0 Å². The quantitative estimate of drug-likeness (QED) is 0.688. The van der Waals surface area contributed by atoms with Crippen molar-refractivity contribution in [2.24, 2.45) is 0 Å². The molecule has 0 aliphatic rings. The molecule has 1 heterocycles. The van der Waals surface area contributed by atoms with Gasteiger partial charge in [0.25, 0.3) is 5.91 Å². The van der Waals surface area contributed by atoms with E-state index in [1.807, 2.05) is 32.3 Å². The summed E-state index contributed by atoms with van der Waals surface area (Å²) in [6.45, 7) is 4.70. The number of hydrogen-bond acceptors (Lipinski definition) is 2. The van der Waals surface area contributed by atoms with Crippen LogP contribution in [0.15, 0.2) is 11.4 Å². The number of thiophene rings is 1. The lowest BCUT2D eigenvalue weighted by Gasteiger charge is -2.13. The fourth-order valence-electron chi connectivity index (χ4n) is 0.956. The molecule has 0 atom stereocenters. The summed E-state index contributed by atoms with van der Waals surface area (Å²) in [6, 6.07) is 1.88. The van der Waals surface area contributed by atoms with Crippen LogP contribution in [0.5, 0.6) is 0 Å². The average molecular weight is 183 g/mol. The zero-order valence-corrected chi connectivity index (χ0v) is 8.44. The topological polar surface area (TPSA) is 20.3 Å². The molecule has 1 aromatic rings. The van der Waals surface area contributed by atoms with Crippen molar-refractivity contribution in [3.8, 4) is 0 Å². The Balaban J connectivity index is 2.85. The second kappa shape index (κ2) is 3.72. The SMILES string of the molecule is CCN(C)C(=O)c1ccsc1C. The second-order valence-corrected chi connectivity index (χ2v) is 3.83. The molecule has 0 fully saturated rings. The number of carbonyl (C=O) groups is 1. The predicted octanol–water partition coefficient (Wildman–Crippen LogP) is 2.15. The maximum Gasteiger partial charge on any atom is 0.254 e. The largest absolute Gasteiger partial charge is 0.342 e. The number of rotatable bonds is 2. The van der Waals surface area contributed by atoms with E-state index in [-0.39, 0.29) is 5.91 Å². The maximum atomic E-state index is 11.6. The van der Waals surface area contributed by atoms with E-state index < -0.39 is 0 Å². The average Bonchev–Trinajstić information content (AvgIpc) is 2.48. The molecule has 0 aromatic carbocycles. The van der Waals surface area contributed by atoms with Crippen molar-refractivity contribution in [2.45, 2.75) is 13.8 Å². The van der Waals surface area contributed by atoms with E-state index in [0.717, 1.165) is 17.0 Å². The Labute approximate surface area is 76.8 Å². The van der Waals surface area contributed by atoms with E-state index in [4.69, 9.17) is 0 Å². The highest BCUT2D eigenvalue weighted by Gasteiger charge is 2.12. The van der Waals surface area contributed by atoms with Crippen molar-refractivity contribution in [1.29, 1.82) is 0 Å². The molecule has 1 amide bonds. The number of amides is 1. The summed E-state index contributed by atoms with van der Waals surface area (Å²) in [4.78, 5) is 14.4. The highest BCUT2D eigenvalue weighted by molar-refractivity contribution is 7.10. The first-order chi connectivity index (χ1) is 5.66. The lowest BCUT2D eigenvalue weighted by Crippen LogP contribution is -2.26. The van der Waals surface area contributed by atoms with Gasteiger partial charge in [-0.3, -0.25) is 4.79 Å². The molecule has 0 radical (unpaired) electrons. The Morgan fingerprint density at radius 2 is 2.33 bits per heavy atom. The smallest absolute Gasteiger partial charge is 0.254 e. The molecule has 0 bridgehead atoms. The first-order valence-electron chi connectivity index (χ1n) is 3.96. The molecule has 0 saturated heterocycles. The van der Waals surface area contributed by atoms with Crippen LogP contribution in [-0.2, 0) is 0 Å². The van der Waals surface area contributed by atoms with Crippen molar-refractivity contribution >= 4 is 17.2 Å². The molecule has 0 saturated carbocycles. The molecular weight excluding hydrogens is 170 g/mol. The highest BCUT2D eigenvalue weighted by Crippen LogP contribution is 2.16. The molecule has 12 heavy (non-hydrogen) atoms. The Morgan fingerprint density at radius 1 is 1.67 bits per heavy atom. The molecule has 0 unspecified atom stereocenters. The van der Waals surface area contributed by atoms with Gasteiger partial charge in [0, 0.05) is 18.5 Å². The van der Waals surface area contributed by atoms with E-state index in [2.05, 4.69) is 0 Å². The van der Waals surface area contributed by atoms with Crippen LogP contribution >= 0.6 is 11.3 Å². The van der Waals surface area contributed by atoms with Gasteiger partial charge >= 0.3 is 0 Å². The molecule has 1 rings (SSSR count). The van der Waals surface area contributed by atoms with Gasteiger partial charge in [-0.2, -0.15) is 0 Å². The molecule has 3 heteroatoms. The van der Waals surface area contributed by atoms with Gasteiger partial charge < -0.3 is 4.90 Å². The number of hydrogen-bond donors (Lipinski definition) is 0. The zero-order chi connectivity index (χ0) is 9.14. The van der Waals surface area contributed by atoms with Crippen LogP contribution in [0.3, 0.4) is 0 Å². The summed E-state index contributed by atoms with van der Waals surface area (Å²) in [5, 5.41) is 1.95. The van der Waals surface area contributed by atoms with Crippen LogP contribution in [0.2, 0.25) is 0 Å². The summed E-state index contributed by atoms with van der Waals surface area (Å²) in [5.74, 6) is 0.122. The molecule has 1 aromatic heterocycles. The van der Waals surface area contributed by atoms with Gasteiger partial charge in [-0.05, 0) is 25.3 Å². The van der Waals surface area contributed by atoms with E-state index in [1.54, 1.807) is 16.2 Å². The van der Waals surface area contributed by atoms with Crippen molar-refractivity contribution in [1.82, 2.24) is 4.90 Å². The lowest BCUT2D eigenvalue weighted by atomic mass is 10.2. The van der Waals surface area contributed by atoms with Crippen LogP contribution in [0, 0.1) is 6.92 Å². The molecule has 0 spiro atoms. The van der Waals surface area contributed by atoms with Crippen LogP contribution < -0.4 is 0 Å². The first kappa shape index (κ1) is 9.26. The third-order valence-electron chi connectivity index (χ3n) is 1.91. The summed E-state index contributed by atoms with van der Waals surface area (Å²) < 4.78 is 0. The van der Waals surface area contributed by atoms with Crippen LogP contribution in [0.25, 0.3) is 0 Å². The van der Waals surface area contributed by atoms with Gasteiger partial charge in [0.2, 0.25) is 0 Å². The molecular formula is C9H13NOS. The fraction of sp³-hybridized carbons (Fsp3) is 0.444. The Bertz CT molecular complexity index is 280. The normalized spacial score (nSPS) is 9.92. The lowest BCUT2D eigenvalue weighted by molar-refractivity contribution is 0.0802. The second-order valence-electron chi connectivity index (χ2n) is 2.71. The number of aryl methyl sites for hydroxylation is 1. The third kappa shape index (κ3) is 1.67. The minimum atomic E-state index is 0.122. The van der Waals surface area contributed by atoms with Crippen LogP contribution in [-0.4, -0.2) is 24.4 Å². The summed E-state index contributed by atoms with van der Waals surface area (Å²) in [5.41, 5.74) is 0.837. The molecule has 2 nitrogen and oxygen atoms in total. The molecule has 0 aliphatic carbocycles. The summed E-state index contributed by atoms with van der Waals surface area (Å²) in [6.07, 6.45) is 0. The van der Waals surface area contributed by atoms with E-state index >= 15 is 0 Å². The number of nitrogens with zero attached hydrogens (tertiary/aromatic N) is 1. The zero-order valence-electron chi connectivity index (χ0n) is 7.63. The molecule has 66 valence electrons. The van der Waals surface area contributed by atoms with E-state index in [1.165, 1.54) is 0 Å². The van der Waals surface area contributed by atoms with Crippen molar-refractivity contribution in [3.05, 3.63) is 21.9 Å². The summed E-state index contributed by atoms with van der Waals surface area (Å²) >= 11 is 1.61. The Morgan fingerprint density at radius 3 is 2.75 bits per heavy atom. The molecule has 0 aliphatic heterocycles. The minimum Gasteiger partial charge on any atom is -0.342 e. The molecule has 0 N–H and O–H groups in total. The van der Waals surface area contributed by atoms with Crippen LogP contribution in [0.4, 0.5) is 0 Å². The third-order valence-corrected chi connectivity index (χ3v) is 2.76. The minimum absolute atomic E-state index is 0.122. The van der Waals surface area contributed by atoms with Gasteiger partial charge in [-0.25, -0.2) is 0 Å². The van der Waals surface area contributed by atoms with Crippen molar-refractivity contribution in [2.75, 3.05) is 13.6 Å². The highest BCUT2D eigenvalue weighted by atomic mass is 32.1. The standard InChI is InChI=1S/C9H13NOS/c1-4-10(3)9(11)8-5-6-12-7(8)2/h5-6H,4H2,1-3H3. The monoisotopic (exact) mass is 183 g/mol. The summed E-state index contributed by atoms with van der Waals surface area (Å²) in [7, 11) is 1.82. The maximum absolute atomic E-state index is 11.6. The van der Waals surface area contributed by atoms with Gasteiger partial charge in [-0.15, -0.1) is 11.3 Å². The first-order valence-corrected chi connectivity index (χ1v) is 4.84. The Hall–Kier alpha value is -0.830. The fourth-order valence-corrected chi connectivity index (χ4v) is 1.65. The van der Waals surface area contributed by atoms with Gasteiger partial charge in [0.15, 0.2) is 0 Å². The van der Waals surface area contributed by atoms with E-state index in [9.17, 15) is 4.79 Å². The van der Waals surface area contributed by atoms with Gasteiger partial charge in [0.05, 0.1) is 5.56 Å². The Kier molecular flexibility index (Phi) is 2.87. The van der Waals surface area contributed by atoms with Crippen molar-refractivity contribution in [3.63, 3.8) is 0 Å². The van der Waals surface area contributed by atoms with E-state index in [0.29, 0.717) is 0 Å². The van der Waals surface area contributed by atoms with Gasteiger partial charge in [-0.1, -0.05) is 0 Å². The predicted molar refractivity (Wildman–Crippen MR) is 51.7 cm³/mol.